The number of ether oxygens (including phenoxy) is 1. The van der Waals surface area contributed by atoms with Crippen LogP contribution < -0.4 is 4.90 Å². The van der Waals surface area contributed by atoms with Gasteiger partial charge in [-0.25, -0.2) is 4.79 Å². The summed E-state index contributed by atoms with van der Waals surface area (Å²) in [6.45, 7) is 3.94. The lowest BCUT2D eigenvalue weighted by atomic mass is 10.0. The maximum Gasteiger partial charge on any atom is 0.333 e. The standard InChI is InChI=1S/C23H25NO4/c1-2-27-22(23(25)26)13-16-9-10-21-18(12-16)14-19(28-21)15-24-11-5-7-17-6-3-4-8-20(17)24/h3-4,6,8-10,12,14,22H,2,5,7,11,13,15H2,1H3,(H,25,26). The number of para-hydroxylation sites is 1. The van der Waals surface area contributed by atoms with Crippen LogP contribution in [-0.2, 0) is 28.9 Å². The van der Waals surface area contributed by atoms with Gasteiger partial charge < -0.3 is 19.2 Å². The van der Waals surface area contributed by atoms with Crippen molar-refractivity contribution in [2.45, 2.75) is 38.8 Å². The predicted molar refractivity (Wildman–Crippen MR) is 109 cm³/mol. The maximum absolute atomic E-state index is 11.3. The number of aliphatic carboxylic acids is 1. The van der Waals surface area contributed by atoms with Gasteiger partial charge in [0.1, 0.15) is 11.3 Å². The molecule has 0 fully saturated rings. The third-order valence-electron chi connectivity index (χ3n) is 5.25. The molecule has 4 rings (SSSR count). The number of anilines is 1. The molecule has 0 saturated carbocycles. The Balaban J connectivity index is 1.53. The minimum absolute atomic E-state index is 0.346. The average Bonchev–Trinajstić information content (AvgIpc) is 3.09. The lowest BCUT2D eigenvalue weighted by Crippen LogP contribution is -2.28. The van der Waals surface area contributed by atoms with E-state index in [1.807, 2.05) is 18.2 Å². The zero-order chi connectivity index (χ0) is 19.5. The predicted octanol–water partition coefficient (Wildman–Crippen LogP) is 4.42. The Labute approximate surface area is 164 Å². The maximum atomic E-state index is 11.3. The number of hydrogen-bond acceptors (Lipinski definition) is 4. The highest BCUT2D eigenvalue weighted by Gasteiger charge is 2.20. The van der Waals surface area contributed by atoms with Crippen molar-refractivity contribution in [3.05, 3.63) is 65.4 Å². The van der Waals surface area contributed by atoms with Gasteiger partial charge in [-0.3, -0.25) is 0 Å². The summed E-state index contributed by atoms with van der Waals surface area (Å²) < 4.78 is 11.4. The number of hydrogen-bond donors (Lipinski definition) is 1. The summed E-state index contributed by atoms with van der Waals surface area (Å²) in [5.74, 6) is -0.0120. The van der Waals surface area contributed by atoms with Crippen molar-refractivity contribution in [2.24, 2.45) is 0 Å². The van der Waals surface area contributed by atoms with Gasteiger partial charge in [-0.05, 0) is 55.2 Å². The molecule has 28 heavy (non-hydrogen) atoms. The fourth-order valence-corrected chi connectivity index (χ4v) is 3.95. The van der Waals surface area contributed by atoms with Gasteiger partial charge in [0.25, 0.3) is 0 Å². The van der Waals surface area contributed by atoms with E-state index in [4.69, 9.17) is 9.15 Å². The summed E-state index contributed by atoms with van der Waals surface area (Å²) in [6.07, 6.45) is 1.80. The summed E-state index contributed by atoms with van der Waals surface area (Å²) >= 11 is 0. The third-order valence-corrected chi connectivity index (χ3v) is 5.25. The molecule has 0 radical (unpaired) electrons. The molecule has 146 valence electrons. The minimum Gasteiger partial charge on any atom is -0.479 e. The van der Waals surface area contributed by atoms with Crippen molar-refractivity contribution in [3.8, 4) is 0 Å². The van der Waals surface area contributed by atoms with Gasteiger partial charge in [0, 0.05) is 30.6 Å². The first-order valence-corrected chi connectivity index (χ1v) is 9.82. The van der Waals surface area contributed by atoms with Crippen LogP contribution in [0, 0.1) is 0 Å². The molecule has 2 aromatic carbocycles. The second-order valence-electron chi connectivity index (χ2n) is 7.23. The molecule has 0 bridgehead atoms. The molecule has 5 nitrogen and oxygen atoms in total. The normalized spacial score (nSPS) is 14.8. The average molecular weight is 379 g/mol. The van der Waals surface area contributed by atoms with Gasteiger partial charge in [0.05, 0.1) is 6.54 Å². The number of carbonyl (C=O) groups is 1. The molecule has 5 heteroatoms. The van der Waals surface area contributed by atoms with Gasteiger partial charge in [-0.2, -0.15) is 0 Å². The topological polar surface area (TPSA) is 62.9 Å². The smallest absolute Gasteiger partial charge is 0.333 e. The first kappa shape index (κ1) is 18.6. The second kappa shape index (κ2) is 8.07. The van der Waals surface area contributed by atoms with Crippen LogP contribution in [0.25, 0.3) is 11.0 Å². The molecule has 1 aliphatic heterocycles. The van der Waals surface area contributed by atoms with Crippen LogP contribution in [-0.4, -0.2) is 30.3 Å². The fraction of sp³-hybridized carbons (Fsp3) is 0.348. The number of furan rings is 1. The van der Waals surface area contributed by atoms with E-state index in [0.717, 1.165) is 48.2 Å². The largest absolute Gasteiger partial charge is 0.479 e. The molecular formula is C23H25NO4. The molecular weight excluding hydrogens is 354 g/mol. The van der Waals surface area contributed by atoms with Crippen LogP contribution in [0.5, 0.6) is 0 Å². The summed E-state index contributed by atoms with van der Waals surface area (Å²) in [5.41, 5.74) is 4.44. The Hall–Kier alpha value is -2.79. The Bertz CT molecular complexity index is 978. The lowest BCUT2D eigenvalue weighted by Gasteiger charge is -2.30. The van der Waals surface area contributed by atoms with E-state index >= 15 is 0 Å². The Kier molecular flexibility index (Phi) is 5.35. The van der Waals surface area contributed by atoms with Crippen molar-refractivity contribution in [3.63, 3.8) is 0 Å². The highest BCUT2D eigenvalue weighted by atomic mass is 16.5. The first-order chi connectivity index (χ1) is 13.6. The van der Waals surface area contributed by atoms with Crippen molar-refractivity contribution in [1.82, 2.24) is 0 Å². The Morgan fingerprint density at radius 2 is 2.11 bits per heavy atom. The zero-order valence-corrected chi connectivity index (χ0v) is 16.1. The molecule has 1 unspecified atom stereocenters. The lowest BCUT2D eigenvalue weighted by molar-refractivity contribution is -0.149. The van der Waals surface area contributed by atoms with Crippen molar-refractivity contribution in [2.75, 3.05) is 18.1 Å². The molecule has 3 aromatic rings. The van der Waals surface area contributed by atoms with E-state index in [2.05, 4.69) is 35.2 Å². The minimum atomic E-state index is -0.932. The Morgan fingerprint density at radius 1 is 1.25 bits per heavy atom. The molecule has 0 saturated heterocycles. The molecule has 0 spiro atoms. The first-order valence-electron chi connectivity index (χ1n) is 9.82. The molecule has 1 aliphatic rings. The molecule has 0 aliphatic carbocycles. The van der Waals surface area contributed by atoms with E-state index in [0.29, 0.717) is 13.0 Å². The van der Waals surface area contributed by atoms with Crippen LogP contribution in [0.3, 0.4) is 0 Å². The Morgan fingerprint density at radius 3 is 2.93 bits per heavy atom. The number of carboxylic acid groups (broad SMARTS) is 1. The molecule has 1 N–H and O–H groups in total. The van der Waals surface area contributed by atoms with Gasteiger partial charge in [0.15, 0.2) is 6.10 Å². The van der Waals surface area contributed by atoms with Gasteiger partial charge in [-0.1, -0.05) is 24.3 Å². The van der Waals surface area contributed by atoms with E-state index in [1.165, 1.54) is 11.3 Å². The third kappa shape index (κ3) is 3.90. The summed E-state index contributed by atoms with van der Waals surface area (Å²) in [4.78, 5) is 13.7. The highest BCUT2D eigenvalue weighted by molar-refractivity contribution is 5.79. The molecule has 2 heterocycles. The number of aryl methyl sites for hydroxylation is 1. The SMILES string of the molecule is CCOC(Cc1ccc2oc(CN3CCCc4ccccc43)cc2c1)C(=O)O. The van der Waals surface area contributed by atoms with E-state index < -0.39 is 12.1 Å². The van der Waals surface area contributed by atoms with Gasteiger partial charge in [-0.15, -0.1) is 0 Å². The fourth-order valence-electron chi connectivity index (χ4n) is 3.95. The van der Waals surface area contributed by atoms with Crippen LogP contribution in [0.15, 0.2) is 52.9 Å². The van der Waals surface area contributed by atoms with E-state index in [1.54, 1.807) is 6.92 Å². The van der Waals surface area contributed by atoms with Crippen molar-refractivity contribution >= 4 is 22.6 Å². The highest BCUT2D eigenvalue weighted by Crippen LogP contribution is 2.30. The summed E-state index contributed by atoms with van der Waals surface area (Å²) in [7, 11) is 0. The van der Waals surface area contributed by atoms with Gasteiger partial charge in [0.2, 0.25) is 0 Å². The summed E-state index contributed by atoms with van der Waals surface area (Å²) in [6, 6.07) is 16.5. The molecule has 0 amide bonds. The van der Waals surface area contributed by atoms with Crippen LogP contribution >= 0.6 is 0 Å². The van der Waals surface area contributed by atoms with Crippen LogP contribution in [0.4, 0.5) is 5.69 Å². The summed E-state index contributed by atoms with van der Waals surface area (Å²) in [5, 5.41) is 10.3. The monoisotopic (exact) mass is 379 g/mol. The quantitative estimate of drug-likeness (QED) is 0.658. The molecule has 1 aromatic heterocycles. The van der Waals surface area contributed by atoms with Crippen LogP contribution in [0.2, 0.25) is 0 Å². The van der Waals surface area contributed by atoms with E-state index in [-0.39, 0.29) is 0 Å². The number of rotatable bonds is 7. The molecule has 1 atom stereocenters. The number of carboxylic acids is 1. The van der Waals surface area contributed by atoms with Crippen LogP contribution in [0.1, 0.15) is 30.2 Å². The number of benzene rings is 2. The zero-order valence-electron chi connectivity index (χ0n) is 16.1. The van der Waals surface area contributed by atoms with Crippen molar-refractivity contribution in [1.29, 1.82) is 0 Å². The van der Waals surface area contributed by atoms with Crippen molar-refractivity contribution < 1.29 is 19.1 Å². The number of nitrogens with zero attached hydrogens (tertiary/aromatic N) is 1. The second-order valence-corrected chi connectivity index (χ2v) is 7.23. The van der Waals surface area contributed by atoms with Gasteiger partial charge >= 0.3 is 5.97 Å². The number of fused-ring (bicyclic) bond motifs is 2. The van der Waals surface area contributed by atoms with E-state index in [9.17, 15) is 9.90 Å².